The molecule has 1 atom stereocenters. The second-order valence-electron chi connectivity index (χ2n) is 6.52. The molecule has 9 heteroatoms. The molecule has 0 spiro atoms. The molecule has 0 fully saturated rings. The molecule has 150 valence electrons. The molecule has 0 aliphatic heterocycles. The maximum atomic E-state index is 13.9. The van der Waals surface area contributed by atoms with Gasteiger partial charge in [-0.15, -0.1) is 0 Å². The standard InChI is InChI=1S/C20H21FN6O2/c1-13(16-9-15(21)3-4-18(16)29-8-7-28-2)25-19-5-6-27-20(26-19)17(12-24-27)14-10-22-23-11-14/h3-6,9-13H,7-8H2,1-2H3,(H,22,23)(H,25,26). The van der Waals surface area contributed by atoms with E-state index in [0.717, 1.165) is 11.1 Å². The van der Waals surface area contributed by atoms with Crippen LogP contribution in [0.3, 0.4) is 0 Å². The van der Waals surface area contributed by atoms with E-state index in [1.54, 1.807) is 36.3 Å². The first-order chi connectivity index (χ1) is 14.2. The Morgan fingerprint density at radius 1 is 1.24 bits per heavy atom. The lowest BCUT2D eigenvalue weighted by Gasteiger charge is -2.19. The van der Waals surface area contributed by atoms with Crippen LogP contribution in [0.1, 0.15) is 18.5 Å². The Labute approximate surface area is 166 Å². The molecule has 0 saturated carbocycles. The Hall–Kier alpha value is -3.46. The number of H-pyrrole nitrogens is 1. The topological polar surface area (TPSA) is 89.4 Å². The molecule has 2 N–H and O–H groups in total. The van der Waals surface area contributed by atoms with Crippen LogP contribution in [0.5, 0.6) is 5.75 Å². The smallest absolute Gasteiger partial charge is 0.165 e. The second-order valence-corrected chi connectivity index (χ2v) is 6.52. The van der Waals surface area contributed by atoms with Crippen molar-refractivity contribution in [2.45, 2.75) is 13.0 Å². The van der Waals surface area contributed by atoms with Gasteiger partial charge in [0.05, 0.1) is 25.0 Å². The molecule has 0 bridgehead atoms. The summed E-state index contributed by atoms with van der Waals surface area (Å²) in [6.07, 6.45) is 7.08. The number of rotatable bonds is 8. The Morgan fingerprint density at radius 2 is 2.14 bits per heavy atom. The summed E-state index contributed by atoms with van der Waals surface area (Å²) in [6.45, 7) is 2.77. The van der Waals surface area contributed by atoms with Gasteiger partial charge in [0.15, 0.2) is 5.65 Å². The second kappa shape index (κ2) is 8.27. The number of hydrogen-bond acceptors (Lipinski definition) is 6. The predicted molar refractivity (Wildman–Crippen MR) is 106 cm³/mol. The molecule has 4 aromatic rings. The van der Waals surface area contributed by atoms with Gasteiger partial charge in [0.2, 0.25) is 0 Å². The fourth-order valence-corrected chi connectivity index (χ4v) is 3.07. The van der Waals surface area contributed by atoms with Crippen LogP contribution in [0.25, 0.3) is 16.8 Å². The summed E-state index contributed by atoms with van der Waals surface area (Å²) >= 11 is 0. The van der Waals surface area contributed by atoms with Crippen LogP contribution in [0.15, 0.2) is 49.1 Å². The lowest BCUT2D eigenvalue weighted by Crippen LogP contribution is -2.12. The molecule has 0 radical (unpaired) electrons. The number of nitrogens with zero attached hydrogens (tertiary/aromatic N) is 4. The third-order valence-electron chi connectivity index (χ3n) is 4.53. The van der Waals surface area contributed by atoms with Gasteiger partial charge in [0.1, 0.15) is 24.0 Å². The van der Waals surface area contributed by atoms with Crippen LogP contribution in [0, 0.1) is 5.82 Å². The molecule has 29 heavy (non-hydrogen) atoms. The quantitative estimate of drug-likeness (QED) is 0.444. The zero-order valence-electron chi connectivity index (χ0n) is 16.1. The van der Waals surface area contributed by atoms with Crippen molar-refractivity contribution in [1.29, 1.82) is 0 Å². The van der Waals surface area contributed by atoms with Gasteiger partial charge in [0, 0.05) is 36.2 Å². The lowest BCUT2D eigenvalue weighted by atomic mass is 10.1. The van der Waals surface area contributed by atoms with E-state index in [-0.39, 0.29) is 11.9 Å². The number of hydrogen-bond donors (Lipinski definition) is 2. The van der Waals surface area contributed by atoms with Gasteiger partial charge >= 0.3 is 0 Å². The van der Waals surface area contributed by atoms with E-state index in [0.29, 0.717) is 36.0 Å². The van der Waals surface area contributed by atoms with Crippen molar-refractivity contribution in [3.05, 3.63) is 60.4 Å². The van der Waals surface area contributed by atoms with Gasteiger partial charge in [-0.3, -0.25) is 5.10 Å². The first-order valence-corrected chi connectivity index (χ1v) is 9.17. The molecule has 0 saturated heterocycles. The first kappa shape index (κ1) is 18.9. The summed E-state index contributed by atoms with van der Waals surface area (Å²) in [5.41, 5.74) is 3.16. The minimum atomic E-state index is -0.325. The Morgan fingerprint density at radius 3 is 2.93 bits per heavy atom. The minimum Gasteiger partial charge on any atom is -0.491 e. The van der Waals surface area contributed by atoms with Gasteiger partial charge in [-0.1, -0.05) is 0 Å². The van der Waals surface area contributed by atoms with E-state index in [2.05, 4.69) is 25.6 Å². The summed E-state index contributed by atoms with van der Waals surface area (Å²) in [6, 6.07) is 6.06. The van der Waals surface area contributed by atoms with Crippen molar-refractivity contribution in [1.82, 2.24) is 24.8 Å². The summed E-state index contributed by atoms with van der Waals surface area (Å²) in [5, 5.41) is 14.4. The average Bonchev–Trinajstić information content (AvgIpc) is 3.38. The van der Waals surface area contributed by atoms with E-state index in [1.807, 2.05) is 19.2 Å². The number of aromatic amines is 1. The maximum Gasteiger partial charge on any atom is 0.165 e. The minimum absolute atomic E-state index is 0.238. The van der Waals surface area contributed by atoms with Gasteiger partial charge in [-0.05, 0) is 31.2 Å². The molecule has 0 amide bonds. The maximum absolute atomic E-state index is 13.9. The molecule has 8 nitrogen and oxygen atoms in total. The van der Waals surface area contributed by atoms with E-state index in [9.17, 15) is 4.39 Å². The van der Waals surface area contributed by atoms with E-state index < -0.39 is 0 Å². The Kier molecular flexibility index (Phi) is 5.39. The van der Waals surface area contributed by atoms with Crippen molar-refractivity contribution >= 4 is 11.5 Å². The van der Waals surface area contributed by atoms with Crippen molar-refractivity contribution in [2.75, 3.05) is 25.6 Å². The molecule has 1 aromatic carbocycles. The van der Waals surface area contributed by atoms with Crippen LogP contribution >= 0.6 is 0 Å². The number of methoxy groups -OCH3 is 1. The van der Waals surface area contributed by atoms with Gasteiger partial charge in [0.25, 0.3) is 0 Å². The fourth-order valence-electron chi connectivity index (χ4n) is 3.07. The molecular weight excluding hydrogens is 375 g/mol. The van der Waals surface area contributed by atoms with Crippen LogP contribution < -0.4 is 10.1 Å². The van der Waals surface area contributed by atoms with Crippen LogP contribution in [-0.2, 0) is 4.74 Å². The first-order valence-electron chi connectivity index (χ1n) is 9.17. The van der Waals surface area contributed by atoms with Crippen LogP contribution in [0.2, 0.25) is 0 Å². The third kappa shape index (κ3) is 4.04. The lowest BCUT2D eigenvalue weighted by molar-refractivity contribution is 0.145. The van der Waals surface area contributed by atoms with E-state index in [1.165, 1.54) is 12.1 Å². The molecule has 1 unspecified atom stereocenters. The largest absolute Gasteiger partial charge is 0.491 e. The monoisotopic (exact) mass is 396 g/mol. The zero-order valence-corrected chi connectivity index (χ0v) is 16.1. The normalized spacial score (nSPS) is 12.2. The summed E-state index contributed by atoms with van der Waals surface area (Å²) in [5.74, 6) is 0.921. The van der Waals surface area contributed by atoms with Crippen LogP contribution in [-0.4, -0.2) is 45.1 Å². The highest BCUT2D eigenvalue weighted by molar-refractivity contribution is 5.76. The van der Waals surface area contributed by atoms with Crippen molar-refractivity contribution in [3.63, 3.8) is 0 Å². The SMILES string of the molecule is COCCOc1ccc(F)cc1C(C)Nc1ccn2ncc(-c3cn[nH]c3)c2n1. The molecule has 0 aliphatic carbocycles. The number of nitrogens with one attached hydrogen (secondary N) is 2. The van der Waals surface area contributed by atoms with E-state index in [4.69, 9.17) is 9.47 Å². The van der Waals surface area contributed by atoms with E-state index >= 15 is 0 Å². The number of ether oxygens (including phenoxy) is 2. The van der Waals surface area contributed by atoms with Gasteiger partial charge < -0.3 is 14.8 Å². The molecular formula is C20H21FN6O2. The number of fused-ring (bicyclic) bond motifs is 1. The highest BCUT2D eigenvalue weighted by Crippen LogP contribution is 2.29. The Bertz CT molecular complexity index is 1100. The number of benzene rings is 1. The number of anilines is 1. The molecule has 4 rings (SSSR count). The highest BCUT2D eigenvalue weighted by atomic mass is 19.1. The molecule has 3 heterocycles. The highest BCUT2D eigenvalue weighted by Gasteiger charge is 2.15. The third-order valence-corrected chi connectivity index (χ3v) is 4.53. The van der Waals surface area contributed by atoms with Gasteiger partial charge in [-0.2, -0.15) is 10.2 Å². The summed E-state index contributed by atoms with van der Waals surface area (Å²) < 4.78 is 26.3. The fraction of sp³-hybridized carbons (Fsp3) is 0.250. The molecule has 0 aliphatic rings. The van der Waals surface area contributed by atoms with Crippen molar-refractivity contribution < 1.29 is 13.9 Å². The Balaban J connectivity index is 1.60. The van der Waals surface area contributed by atoms with Crippen molar-refractivity contribution in [3.8, 4) is 16.9 Å². The molecule has 3 aromatic heterocycles. The predicted octanol–water partition coefficient (Wildman–Crippen LogP) is 3.46. The van der Waals surface area contributed by atoms with Crippen LogP contribution in [0.4, 0.5) is 10.2 Å². The average molecular weight is 396 g/mol. The van der Waals surface area contributed by atoms with Gasteiger partial charge in [-0.25, -0.2) is 13.9 Å². The number of aromatic nitrogens is 5. The van der Waals surface area contributed by atoms with Crippen molar-refractivity contribution in [2.24, 2.45) is 0 Å². The summed E-state index contributed by atoms with van der Waals surface area (Å²) in [7, 11) is 1.61. The zero-order chi connectivity index (χ0) is 20.2. The summed E-state index contributed by atoms with van der Waals surface area (Å²) in [4.78, 5) is 4.68. The number of halogens is 1.